The second-order valence-corrected chi connectivity index (χ2v) is 12.0. The molecule has 0 heterocycles. The van der Waals surface area contributed by atoms with Crippen molar-refractivity contribution in [3.05, 3.63) is 12.2 Å². The lowest BCUT2D eigenvalue weighted by molar-refractivity contribution is -0.164. The third-order valence-electron chi connectivity index (χ3n) is 8.01. The van der Waals surface area contributed by atoms with Crippen molar-refractivity contribution in [2.24, 2.45) is 0 Å². The number of rotatable bonds is 32. The molecule has 4 heteroatoms. The Morgan fingerprint density at radius 3 is 1.35 bits per heavy atom. The summed E-state index contributed by atoms with van der Waals surface area (Å²) in [6, 6.07) is 0. The fraction of sp³-hybridized carbons (Fsp3) is 0.889. The highest BCUT2D eigenvalue weighted by molar-refractivity contribution is 5.77. The smallest absolute Gasteiger partial charge is 0.345 e. The Hall–Kier alpha value is -1.32. The van der Waals surface area contributed by atoms with Crippen LogP contribution in [0.5, 0.6) is 0 Å². The van der Waals surface area contributed by atoms with Crippen LogP contribution in [0, 0.1) is 0 Å². The Kier molecular flexibility index (Phi) is 31.1. The minimum atomic E-state index is -1.01. The molecular formula is C36H68O4. The molecule has 0 aliphatic carbocycles. The van der Waals surface area contributed by atoms with Crippen LogP contribution in [0.4, 0.5) is 0 Å². The van der Waals surface area contributed by atoms with Crippen LogP contribution in [0.25, 0.3) is 0 Å². The average molecular weight is 565 g/mol. The maximum absolute atomic E-state index is 12.1. The Morgan fingerprint density at radius 1 is 0.525 bits per heavy atom. The van der Waals surface area contributed by atoms with Crippen molar-refractivity contribution < 1.29 is 19.4 Å². The summed E-state index contributed by atoms with van der Waals surface area (Å²) in [5, 5.41) is 9.44. The highest BCUT2D eigenvalue weighted by atomic mass is 16.6. The Bertz CT molecular complexity index is 571. The standard InChI is InChI=1S/C36H68O4/c1-3-5-7-9-11-13-15-16-17-18-19-20-21-23-24-26-28-30-32-34(36(38)39)40-35(37)33-31-29-27-25-22-14-12-10-8-6-4-2/h10,12,34H,3-9,11,13-33H2,1-2H3,(H,38,39)/b12-10-. The molecule has 0 aromatic rings. The SMILES string of the molecule is CCCC/C=C\CCCCCCCC(=O)OC(CCCCCCCCCCCCCCCCCCCC)C(=O)O. The number of esters is 1. The second-order valence-electron chi connectivity index (χ2n) is 12.0. The van der Waals surface area contributed by atoms with E-state index in [9.17, 15) is 14.7 Å². The van der Waals surface area contributed by atoms with Gasteiger partial charge in [-0.1, -0.05) is 167 Å². The zero-order valence-corrected chi connectivity index (χ0v) is 26.9. The first-order valence-corrected chi connectivity index (χ1v) is 17.7. The number of carboxylic acids is 1. The van der Waals surface area contributed by atoms with Crippen LogP contribution in [0.1, 0.15) is 200 Å². The first-order valence-electron chi connectivity index (χ1n) is 17.7. The minimum absolute atomic E-state index is 0.333. The van der Waals surface area contributed by atoms with E-state index in [1.165, 1.54) is 128 Å². The maximum Gasteiger partial charge on any atom is 0.345 e. The van der Waals surface area contributed by atoms with Crippen molar-refractivity contribution in [2.75, 3.05) is 0 Å². The number of carbonyl (C=O) groups is 2. The Morgan fingerprint density at radius 2 is 0.900 bits per heavy atom. The number of allylic oxidation sites excluding steroid dienone is 2. The number of ether oxygens (including phenoxy) is 1. The molecule has 0 aromatic carbocycles. The number of aliphatic carboxylic acids is 1. The van der Waals surface area contributed by atoms with Crippen LogP contribution in [0.2, 0.25) is 0 Å². The maximum atomic E-state index is 12.1. The molecule has 0 spiro atoms. The zero-order valence-electron chi connectivity index (χ0n) is 26.9. The lowest BCUT2D eigenvalue weighted by Gasteiger charge is -2.13. The lowest BCUT2D eigenvalue weighted by atomic mass is 10.0. The third-order valence-corrected chi connectivity index (χ3v) is 8.01. The largest absolute Gasteiger partial charge is 0.479 e. The molecule has 1 atom stereocenters. The van der Waals surface area contributed by atoms with E-state index in [2.05, 4.69) is 26.0 Å². The molecule has 0 aromatic heterocycles. The van der Waals surface area contributed by atoms with Crippen molar-refractivity contribution >= 4 is 11.9 Å². The number of unbranched alkanes of at least 4 members (excludes halogenated alkanes) is 24. The number of carboxylic acid groups (broad SMARTS) is 1. The van der Waals surface area contributed by atoms with E-state index in [1.54, 1.807) is 0 Å². The van der Waals surface area contributed by atoms with E-state index < -0.39 is 12.1 Å². The molecule has 0 radical (unpaired) electrons. The summed E-state index contributed by atoms with van der Waals surface area (Å²) in [5.74, 6) is -1.36. The first-order chi connectivity index (χ1) is 19.6. The summed E-state index contributed by atoms with van der Waals surface area (Å²) in [7, 11) is 0. The Balaban J connectivity index is 3.53. The molecule has 0 amide bonds. The molecule has 40 heavy (non-hydrogen) atoms. The van der Waals surface area contributed by atoms with Crippen molar-refractivity contribution in [1.82, 2.24) is 0 Å². The van der Waals surface area contributed by atoms with E-state index in [0.717, 1.165) is 44.9 Å². The van der Waals surface area contributed by atoms with Crippen molar-refractivity contribution in [3.8, 4) is 0 Å². The first kappa shape index (κ1) is 38.7. The van der Waals surface area contributed by atoms with E-state index in [1.807, 2.05) is 0 Å². The molecule has 0 rings (SSSR count). The van der Waals surface area contributed by atoms with Crippen LogP contribution in [-0.4, -0.2) is 23.1 Å². The van der Waals surface area contributed by atoms with Gasteiger partial charge in [0.15, 0.2) is 6.10 Å². The summed E-state index contributed by atoms with van der Waals surface area (Å²) < 4.78 is 5.29. The van der Waals surface area contributed by atoms with Crippen molar-refractivity contribution in [2.45, 2.75) is 206 Å². The highest BCUT2D eigenvalue weighted by Gasteiger charge is 2.21. The lowest BCUT2D eigenvalue weighted by Crippen LogP contribution is -2.27. The fourth-order valence-corrected chi connectivity index (χ4v) is 5.30. The van der Waals surface area contributed by atoms with Gasteiger partial charge in [-0.15, -0.1) is 0 Å². The molecule has 236 valence electrons. The van der Waals surface area contributed by atoms with E-state index in [-0.39, 0.29) is 5.97 Å². The zero-order chi connectivity index (χ0) is 29.4. The van der Waals surface area contributed by atoms with Crippen LogP contribution in [0.3, 0.4) is 0 Å². The van der Waals surface area contributed by atoms with Gasteiger partial charge in [0.2, 0.25) is 0 Å². The molecule has 0 fully saturated rings. The molecule has 0 bridgehead atoms. The summed E-state index contributed by atoms with van der Waals surface area (Å²) in [6.07, 6.45) is 38.2. The fourth-order valence-electron chi connectivity index (χ4n) is 5.30. The minimum Gasteiger partial charge on any atom is -0.479 e. The molecule has 0 aliphatic rings. The average Bonchev–Trinajstić information content (AvgIpc) is 2.94. The number of hydrogen-bond donors (Lipinski definition) is 1. The number of hydrogen-bond acceptors (Lipinski definition) is 3. The van der Waals surface area contributed by atoms with Gasteiger partial charge in [-0.05, 0) is 38.5 Å². The monoisotopic (exact) mass is 565 g/mol. The van der Waals surface area contributed by atoms with Crippen LogP contribution >= 0.6 is 0 Å². The van der Waals surface area contributed by atoms with Gasteiger partial charge in [-0.3, -0.25) is 4.79 Å². The van der Waals surface area contributed by atoms with Gasteiger partial charge in [0.1, 0.15) is 0 Å². The quantitative estimate of drug-likeness (QED) is 0.0501. The predicted octanol–water partition coefficient (Wildman–Crippen LogP) is 11.9. The molecule has 1 unspecified atom stereocenters. The topological polar surface area (TPSA) is 63.6 Å². The molecule has 0 saturated carbocycles. The molecule has 1 N–H and O–H groups in total. The molecule has 0 saturated heterocycles. The summed E-state index contributed by atoms with van der Waals surface area (Å²) in [6.45, 7) is 4.49. The van der Waals surface area contributed by atoms with Crippen molar-refractivity contribution in [1.29, 1.82) is 0 Å². The summed E-state index contributed by atoms with van der Waals surface area (Å²) in [5.41, 5.74) is 0. The summed E-state index contributed by atoms with van der Waals surface area (Å²) in [4.78, 5) is 23.6. The molecular weight excluding hydrogens is 496 g/mol. The molecule has 0 aliphatic heterocycles. The van der Waals surface area contributed by atoms with Gasteiger partial charge < -0.3 is 9.84 Å². The van der Waals surface area contributed by atoms with Gasteiger partial charge >= 0.3 is 11.9 Å². The van der Waals surface area contributed by atoms with Crippen molar-refractivity contribution in [3.63, 3.8) is 0 Å². The third kappa shape index (κ3) is 29.7. The van der Waals surface area contributed by atoms with Gasteiger partial charge in [0.25, 0.3) is 0 Å². The van der Waals surface area contributed by atoms with E-state index in [4.69, 9.17) is 4.74 Å². The highest BCUT2D eigenvalue weighted by Crippen LogP contribution is 2.16. The number of carbonyl (C=O) groups excluding carboxylic acids is 1. The van der Waals surface area contributed by atoms with Crippen LogP contribution < -0.4 is 0 Å². The predicted molar refractivity (Wildman–Crippen MR) is 172 cm³/mol. The summed E-state index contributed by atoms with van der Waals surface area (Å²) >= 11 is 0. The van der Waals surface area contributed by atoms with Gasteiger partial charge in [0.05, 0.1) is 0 Å². The van der Waals surface area contributed by atoms with E-state index in [0.29, 0.717) is 12.8 Å². The van der Waals surface area contributed by atoms with Gasteiger partial charge in [-0.2, -0.15) is 0 Å². The van der Waals surface area contributed by atoms with Gasteiger partial charge in [-0.25, -0.2) is 4.79 Å². The molecule has 4 nitrogen and oxygen atoms in total. The van der Waals surface area contributed by atoms with E-state index >= 15 is 0 Å². The van der Waals surface area contributed by atoms with Gasteiger partial charge in [0, 0.05) is 6.42 Å². The second kappa shape index (κ2) is 32.2. The normalized spacial score (nSPS) is 12.2. The Labute approximate surface area is 249 Å². The van der Waals surface area contributed by atoms with Crippen LogP contribution in [-0.2, 0) is 14.3 Å². The van der Waals surface area contributed by atoms with Crippen LogP contribution in [0.15, 0.2) is 12.2 Å².